The van der Waals surface area contributed by atoms with Crippen LogP contribution in [-0.2, 0) is 24.0 Å². The Labute approximate surface area is 171 Å². The third-order valence-electron chi connectivity index (χ3n) is 3.81. The van der Waals surface area contributed by atoms with Crippen LogP contribution >= 0.6 is 36.1 Å². The fourth-order valence-electron chi connectivity index (χ4n) is 2.61. The quantitative estimate of drug-likeness (QED) is 0.219. The molecule has 2 N–H and O–H groups in total. The summed E-state index contributed by atoms with van der Waals surface area (Å²) in [4.78, 5) is 53.4. The summed E-state index contributed by atoms with van der Waals surface area (Å²) in [5, 5.41) is 13.7. The highest BCUT2D eigenvalue weighted by Crippen LogP contribution is 2.40. The smallest absolute Gasteiger partial charge is 0.344 e. The van der Waals surface area contributed by atoms with Crippen molar-refractivity contribution in [1.29, 1.82) is 0 Å². The normalized spacial score (nSPS) is 21.7. The molecule has 1 saturated heterocycles. The molecular formula is C14H13N5O6S3. The molecule has 1 fully saturated rings. The summed E-state index contributed by atoms with van der Waals surface area (Å²) in [5.74, 6) is -1.98. The van der Waals surface area contributed by atoms with Crippen LogP contribution in [0.1, 0.15) is 12.6 Å². The minimum absolute atomic E-state index is 0.0785. The molecule has 0 aromatic carbocycles. The number of nitrogens with zero attached hydrogens (tertiary/aromatic N) is 4. The first kappa shape index (κ1) is 20.3. The zero-order valence-corrected chi connectivity index (χ0v) is 16.7. The van der Waals surface area contributed by atoms with Crippen molar-refractivity contribution in [2.45, 2.75) is 18.3 Å². The lowest BCUT2D eigenvalue weighted by Gasteiger charge is -2.49. The third-order valence-corrected chi connectivity index (χ3v) is 5.92. The van der Waals surface area contributed by atoms with Gasteiger partial charge in [0, 0.05) is 5.75 Å². The van der Waals surface area contributed by atoms with Gasteiger partial charge in [0.15, 0.2) is 5.71 Å². The van der Waals surface area contributed by atoms with E-state index in [1.165, 1.54) is 22.9 Å². The topological polar surface area (TPSA) is 151 Å². The van der Waals surface area contributed by atoms with Gasteiger partial charge >= 0.3 is 5.97 Å². The number of carboxylic acid groups (broad SMARTS) is 1. The monoisotopic (exact) mass is 443 g/mol. The van der Waals surface area contributed by atoms with Gasteiger partial charge < -0.3 is 15.3 Å². The van der Waals surface area contributed by atoms with Gasteiger partial charge in [0.2, 0.25) is 11.7 Å². The minimum atomic E-state index is -1.27. The Morgan fingerprint density at radius 3 is 2.86 bits per heavy atom. The summed E-state index contributed by atoms with van der Waals surface area (Å²) in [6.45, 7) is 0.992. The van der Waals surface area contributed by atoms with Crippen molar-refractivity contribution >= 4 is 64.7 Å². The zero-order valence-electron chi connectivity index (χ0n) is 14.2. The number of thioether (sulfide) groups is 1. The van der Waals surface area contributed by atoms with E-state index in [0.29, 0.717) is 5.75 Å². The molecule has 0 aliphatic carbocycles. The lowest BCUT2D eigenvalue weighted by Crippen LogP contribution is -2.70. The molecule has 3 rings (SSSR count). The van der Waals surface area contributed by atoms with Crippen LogP contribution in [0.5, 0.6) is 0 Å². The minimum Gasteiger partial charge on any atom is -0.479 e. The van der Waals surface area contributed by atoms with Crippen molar-refractivity contribution in [3.63, 3.8) is 0 Å². The summed E-state index contributed by atoms with van der Waals surface area (Å²) < 4.78 is 7.65. The summed E-state index contributed by atoms with van der Waals surface area (Å²) in [6.07, 6.45) is 1.27. The number of carbonyl (C=O) groups is 4. The molecule has 3 heterocycles. The number of carboxylic acids is 1. The number of aromatic nitrogens is 2. The van der Waals surface area contributed by atoms with Crippen molar-refractivity contribution in [2.24, 2.45) is 5.16 Å². The number of thiol groups is 1. The summed E-state index contributed by atoms with van der Waals surface area (Å²) in [5.41, 5.74) is 0.733. The first-order chi connectivity index (χ1) is 13.3. The van der Waals surface area contributed by atoms with Gasteiger partial charge in [-0.2, -0.15) is 8.75 Å². The molecule has 2 aliphatic heterocycles. The number of hydrogen-bond donors (Lipinski definition) is 3. The van der Waals surface area contributed by atoms with Crippen molar-refractivity contribution in [2.75, 3.05) is 12.4 Å². The van der Waals surface area contributed by atoms with Crippen LogP contribution in [-0.4, -0.2) is 71.1 Å². The maximum absolute atomic E-state index is 12.6. The van der Waals surface area contributed by atoms with E-state index in [4.69, 9.17) is 5.11 Å². The van der Waals surface area contributed by atoms with Crippen LogP contribution < -0.4 is 5.32 Å². The molecule has 2 amide bonds. The maximum Gasteiger partial charge on any atom is 0.344 e. The van der Waals surface area contributed by atoms with Crippen molar-refractivity contribution in [1.82, 2.24) is 19.0 Å². The Balaban J connectivity index is 1.76. The molecule has 2 aliphatic rings. The maximum atomic E-state index is 12.6. The summed E-state index contributed by atoms with van der Waals surface area (Å²) in [6, 6.07) is -0.885. The van der Waals surface area contributed by atoms with E-state index in [0.717, 1.165) is 17.3 Å². The lowest BCUT2D eigenvalue weighted by atomic mass is 10.0. The molecular weight excluding hydrogens is 430 g/mol. The largest absolute Gasteiger partial charge is 0.479 e. The standard InChI is InChI=1S/C14H13N5O6S3/c1-5-4-27-13-9(12(23)19(13)10(5)14(24)26)16-11(22)8(6-2-15-28-18-6)17-25-3-7(20)21/h2,9,13H,3-4H2,1H3,(H,16,22)(H,20,21)(H,24,26)/t9?,13-/m1/s1. The molecule has 0 bridgehead atoms. The van der Waals surface area contributed by atoms with Crippen LogP contribution in [0.25, 0.3) is 0 Å². The van der Waals surface area contributed by atoms with Crippen molar-refractivity contribution < 1.29 is 29.1 Å². The highest BCUT2D eigenvalue weighted by molar-refractivity contribution is 8.00. The SMILES string of the molecule is CC1=C(C(=O)S)N2C(=O)C(NC(=O)C(=NOCC(=O)O)c3cnsn3)[C@H]2SC1. The van der Waals surface area contributed by atoms with Crippen molar-refractivity contribution in [3.8, 4) is 0 Å². The van der Waals surface area contributed by atoms with Crippen LogP contribution in [0, 0.1) is 0 Å². The molecule has 28 heavy (non-hydrogen) atoms. The number of amides is 2. The summed E-state index contributed by atoms with van der Waals surface area (Å²) in [7, 11) is 0. The number of rotatable bonds is 7. The number of oxime groups is 1. The molecule has 1 aromatic heterocycles. The lowest BCUT2D eigenvalue weighted by molar-refractivity contribution is -0.146. The van der Waals surface area contributed by atoms with E-state index in [1.807, 2.05) is 0 Å². The van der Waals surface area contributed by atoms with Gasteiger partial charge in [-0.1, -0.05) is 17.8 Å². The van der Waals surface area contributed by atoms with Crippen LogP contribution in [0.4, 0.5) is 0 Å². The predicted octanol–water partition coefficient (Wildman–Crippen LogP) is -0.526. The van der Waals surface area contributed by atoms with Crippen LogP contribution in [0.15, 0.2) is 22.6 Å². The molecule has 11 nitrogen and oxygen atoms in total. The first-order valence-electron chi connectivity index (χ1n) is 7.69. The van der Waals surface area contributed by atoms with Crippen LogP contribution in [0.2, 0.25) is 0 Å². The fraction of sp³-hybridized carbons (Fsp3) is 0.357. The molecule has 148 valence electrons. The Bertz CT molecular complexity index is 899. The zero-order chi connectivity index (χ0) is 20.4. The number of nitrogens with one attached hydrogen (secondary N) is 1. The van der Waals surface area contributed by atoms with Gasteiger partial charge in [-0.3, -0.25) is 19.3 Å². The third kappa shape index (κ3) is 3.88. The van der Waals surface area contributed by atoms with Gasteiger partial charge in [-0.05, 0) is 12.5 Å². The number of aliphatic carboxylic acids is 1. The number of β-lactam (4-membered cyclic amide) rings is 1. The van der Waals surface area contributed by atoms with E-state index < -0.39 is 40.9 Å². The van der Waals surface area contributed by atoms with E-state index >= 15 is 0 Å². The van der Waals surface area contributed by atoms with Crippen molar-refractivity contribution in [3.05, 3.63) is 23.2 Å². The predicted molar refractivity (Wildman–Crippen MR) is 102 cm³/mol. The van der Waals surface area contributed by atoms with Gasteiger partial charge in [0.25, 0.3) is 11.8 Å². The number of hydrogen-bond acceptors (Lipinski definition) is 10. The second kappa shape index (κ2) is 8.28. The Morgan fingerprint density at radius 2 is 2.25 bits per heavy atom. The first-order valence-corrected chi connectivity index (χ1v) is 9.92. The van der Waals surface area contributed by atoms with Gasteiger partial charge in [-0.25, -0.2) is 4.79 Å². The molecule has 14 heteroatoms. The average Bonchev–Trinajstić information content (AvgIpc) is 3.16. The molecule has 1 unspecified atom stereocenters. The number of carbonyl (C=O) groups excluding carboxylic acids is 3. The van der Waals surface area contributed by atoms with E-state index in [9.17, 15) is 19.2 Å². The second-order valence-corrected chi connectivity index (χ2v) is 7.76. The average molecular weight is 443 g/mol. The Kier molecular flexibility index (Phi) is 6.00. The van der Waals surface area contributed by atoms with Crippen LogP contribution in [0.3, 0.4) is 0 Å². The molecule has 2 atom stereocenters. The summed E-state index contributed by atoms with van der Waals surface area (Å²) >= 11 is 6.04. The van der Waals surface area contributed by atoms with Gasteiger partial charge in [0.1, 0.15) is 17.1 Å². The molecule has 0 saturated carbocycles. The molecule has 0 radical (unpaired) electrons. The second-order valence-electron chi connectivity index (χ2n) is 5.69. The van der Waals surface area contributed by atoms with E-state index in [-0.39, 0.29) is 17.1 Å². The molecule has 0 spiro atoms. The highest BCUT2D eigenvalue weighted by atomic mass is 32.2. The Morgan fingerprint density at radius 1 is 1.50 bits per heavy atom. The van der Waals surface area contributed by atoms with E-state index in [1.54, 1.807) is 6.92 Å². The molecule has 1 aromatic rings. The number of fused-ring (bicyclic) bond motifs is 1. The fourth-order valence-corrected chi connectivity index (χ4v) is 4.62. The Hall–Kier alpha value is -2.45. The van der Waals surface area contributed by atoms with E-state index in [2.05, 4.69) is 36.7 Å². The van der Waals surface area contributed by atoms with Gasteiger partial charge in [-0.15, -0.1) is 11.8 Å². The van der Waals surface area contributed by atoms with Gasteiger partial charge in [0.05, 0.1) is 23.6 Å². The highest BCUT2D eigenvalue weighted by Gasteiger charge is 2.53.